The first-order chi connectivity index (χ1) is 9.11. The topological polar surface area (TPSA) is 34.2 Å². The highest BCUT2D eigenvalue weighted by atomic mass is 28.4. The van der Waals surface area contributed by atoms with E-state index >= 15 is 0 Å². The first kappa shape index (κ1) is 16.5. The number of rotatable bonds is 9. The van der Waals surface area contributed by atoms with Crippen molar-refractivity contribution in [3.63, 3.8) is 0 Å². The Labute approximate surface area is 118 Å². The van der Waals surface area contributed by atoms with Gasteiger partial charge in [-0.3, -0.25) is 0 Å². The molecular weight excluding hydrogens is 260 g/mol. The van der Waals surface area contributed by atoms with Crippen molar-refractivity contribution < 1.29 is 13.3 Å². The minimum absolute atomic E-state index is 0.358. The van der Waals surface area contributed by atoms with Gasteiger partial charge in [-0.25, -0.2) is 0 Å². The fraction of sp³-hybridized carbons (Fsp3) is 0.846. The predicted octanol–water partition coefficient (Wildman–Crippen LogP) is 2.10. The van der Waals surface area contributed by atoms with Gasteiger partial charge in [0.15, 0.2) is 0 Å². The van der Waals surface area contributed by atoms with Crippen LogP contribution in [0.5, 0.6) is 0 Å². The van der Waals surface area contributed by atoms with E-state index in [1.54, 1.807) is 21.3 Å². The molecule has 6 heteroatoms. The molecule has 1 rings (SSSR count). The smallest absolute Gasteiger partial charge is 0.377 e. The van der Waals surface area contributed by atoms with Crippen molar-refractivity contribution in [2.24, 2.45) is 0 Å². The summed E-state index contributed by atoms with van der Waals surface area (Å²) in [5.41, 5.74) is 0.358. The summed E-state index contributed by atoms with van der Waals surface area (Å²) in [6, 6.07) is 0. The quantitative estimate of drug-likeness (QED) is 0.607. The van der Waals surface area contributed by atoms with Crippen molar-refractivity contribution in [3.8, 4) is 0 Å². The Hall–Kier alpha value is -0.563. The van der Waals surface area contributed by atoms with Crippen LogP contribution in [0.25, 0.3) is 0 Å². The van der Waals surface area contributed by atoms with Crippen molar-refractivity contribution in [1.82, 2.24) is 9.80 Å². The van der Waals surface area contributed by atoms with Gasteiger partial charge in [0.05, 0.1) is 6.67 Å². The standard InChI is InChI=1S/C13H28N2O3Si/c1-6-7-13(19(16-3,17-4)18-5)8-9-15-11-10-14(2)12-15/h10-11,13H,6-9,12H2,1-5H3. The highest BCUT2D eigenvalue weighted by molar-refractivity contribution is 6.62. The summed E-state index contributed by atoms with van der Waals surface area (Å²) in [6.45, 7) is 4.16. The van der Waals surface area contributed by atoms with Gasteiger partial charge >= 0.3 is 8.80 Å². The molecular formula is C13H28N2O3Si. The van der Waals surface area contributed by atoms with E-state index in [4.69, 9.17) is 13.3 Å². The van der Waals surface area contributed by atoms with Gasteiger partial charge in [0.25, 0.3) is 0 Å². The fourth-order valence-electron chi connectivity index (χ4n) is 2.65. The van der Waals surface area contributed by atoms with E-state index in [0.29, 0.717) is 5.54 Å². The zero-order valence-electron chi connectivity index (χ0n) is 12.9. The van der Waals surface area contributed by atoms with E-state index in [0.717, 1.165) is 32.5 Å². The maximum atomic E-state index is 5.63. The van der Waals surface area contributed by atoms with Gasteiger partial charge in [0.1, 0.15) is 0 Å². The first-order valence-corrected chi connectivity index (χ1v) is 8.70. The third-order valence-electron chi connectivity index (χ3n) is 3.69. The second-order valence-corrected chi connectivity index (χ2v) is 8.25. The molecule has 0 saturated heterocycles. The molecule has 1 aliphatic rings. The summed E-state index contributed by atoms with van der Waals surface area (Å²) in [6.07, 6.45) is 7.47. The molecule has 0 amide bonds. The van der Waals surface area contributed by atoms with Crippen molar-refractivity contribution in [3.05, 3.63) is 12.4 Å². The minimum Gasteiger partial charge on any atom is -0.377 e. The summed E-state index contributed by atoms with van der Waals surface area (Å²) in [5.74, 6) is 0. The van der Waals surface area contributed by atoms with Crippen LogP contribution >= 0.6 is 0 Å². The summed E-state index contributed by atoms with van der Waals surface area (Å²) in [7, 11) is 4.66. The normalized spacial score (nSPS) is 17.3. The Morgan fingerprint density at radius 3 is 2.16 bits per heavy atom. The second kappa shape index (κ2) is 7.89. The van der Waals surface area contributed by atoms with Gasteiger partial charge in [-0.2, -0.15) is 0 Å². The lowest BCUT2D eigenvalue weighted by atomic mass is 10.2. The van der Waals surface area contributed by atoms with Crippen molar-refractivity contribution in [1.29, 1.82) is 0 Å². The first-order valence-electron chi connectivity index (χ1n) is 6.90. The molecule has 0 aromatic rings. The lowest BCUT2D eigenvalue weighted by Crippen LogP contribution is -2.48. The van der Waals surface area contributed by atoms with Crippen LogP contribution in [0, 0.1) is 0 Å². The molecule has 0 saturated carbocycles. The van der Waals surface area contributed by atoms with Crippen LogP contribution < -0.4 is 0 Å². The Morgan fingerprint density at radius 1 is 1.11 bits per heavy atom. The molecule has 0 bridgehead atoms. The summed E-state index contributed by atoms with van der Waals surface area (Å²) >= 11 is 0. The van der Waals surface area contributed by atoms with Crippen LogP contribution in [0.4, 0.5) is 0 Å². The van der Waals surface area contributed by atoms with E-state index in [1.807, 2.05) is 0 Å². The average Bonchev–Trinajstić information content (AvgIpc) is 2.84. The largest absolute Gasteiger partial charge is 0.503 e. The summed E-state index contributed by atoms with van der Waals surface area (Å²) < 4.78 is 16.9. The lowest BCUT2D eigenvalue weighted by molar-refractivity contribution is 0.106. The van der Waals surface area contributed by atoms with E-state index in [1.165, 1.54) is 0 Å². The van der Waals surface area contributed by atoms with Gasteiger partial charge < -0.3 is 23.1 Å². The second-order valence-electron chi connectivity index (χ2n) is 5.00. The maximum Gasteiger partial charge on any atom is 0.503 e. The van der Waals surface area contributed by atoms with Crippen LogP contribution in [0.2, 0.25) is 5.54 Å². The van der Waals surface area contributed by atoms with E-state index in [2.05, 4.69) is 36.2 Å². The van der Waals surface area contributed by atoms with E-state index in [-0.39, 0.29) is 0 Å². The summed E-state index contributed by atoms with van der Waals surface area (Å²) in [4.78, 5) is 4.48. The monoisotopic (exact) mass is 288 g/mol. The Morgan fingerprint density at radius 2 is 1.74 bits per heavy atom. The molecule has 1 aliphatic heterocycles. The molecule has 0 aliphatic carbocycles. The Kier molecular flexibility index (Phi) is 6.85. The maximum absolute atomic E-state index is 5.63. The number of nitrogens with zero attached hydrogens (tertiary/aromatic N) is 2. The van der Waals surface area contributed by atoms with Crippen LogP contribution in [0.15, 0.2) is 12.4 Å². The number of hydrogen-bond donors (Lipinski definition) is 0. The van der Waals surface area contributed by atoms with Crippen LogP contribution in [0.3, 0.4) is 0 Å². The van der Waals surface area contributed by atoms with Gasteiger partial charge in [-0.05, 0) is 12.8 Å². The molecule has 0 fully saturated rings. The van der Waals surface area contributed by atoms with Crippen molar-refractivity contribution in [2.45, 2.75) is 31.7 Å². The van der Waals surface area contributed by atoms with Gasteiger partial charge in [0, 0.05) is 52.9 Å². The third-order valence-corrected chi connectivity index (χ3v) is 6.98. The van der Waals surface area contributed by atoms with E-state index in [9.17, 15) is 0 Å². The van der Waals surface area contributed by atoms with Crippen molar-refractivity contribution >= 4 is 8.80 Å². The SMILES string of the molecule is CCCC(CCN1C=CN(C)C1)[Si](OC)(OC)OC. The molecule has 0 spiro atoms. The average molecular weight is 288 g/mol. The highest BCUT2D eigenvalue weighted by Crippen LogP contribution is 2.32. The van der Waals surface area contributed by atoms with E-state index < -0.39 is 8.80 Å². The highest BCUT2D eigenvalue weighted by Gasteiger charge is 2.46. The zero-order chi connectivity index (χ0) is 14.3. The van der Waals surface area contributed by atoms with Crippen molar-refractivity contribution in [2.75, 3.05) is 41.6 Å². The molecule has 0 aromatic carbocycles. The summed E-state index contributed by atoms with van der Waals surface area (Å²) in [5, 5.41) is 0. The van der Waals surface area contributed by atoms with Crippen LogP contribution in [0.1, 0.15) is 26.2 Å². The molecule has 0 aromatic heterocycles. The molecule has 0 N–H and O–H groups in total. The molecule has 19 heavy (non-hydrogen) atoms. The Balaban J connectivity index is 2.58. The molecule has 5 nitrogen and oxygen atoms in total. The zero-order valence-corrected chi connectivity index (χ0v) is 13.9. The molecule has 1 heterocycles. The van der Waals surface area contributed by atoms with Crippen LogP contribution in [-0.2, 0) is 13.3 Å². The van der Waals surface area contributed by atoms with Gasteiger partial charge in [-0.1, -0.05) is 13.3 Å². The molecule has 1 atom stereocenters. The van der Waals surface area contributed by atoms with Crippen LogP contribution in [-0.4, -0.2) is 60.2 Å². The molecule has 112 valence electrons. The molecule has 0 radical (unpaired) electrons. The lowest BCUT2D eigenvalue weighted by Gasteiger charge is -2.33. The van der Waals surface area contributed by atoms with Gasteiger partial charge in [0.2, 0.25) is 0 Å². The van der Waals surface area contributed by atoms with Gasteiger partial charge in [-0.15, -0.1) is 0 Å². The number of hydrogen-bond acceptors (Lipinski definition) is 5. The minimum atomic E-state index is -2.52. The fourth-order valence-corrected chi connectivity index (χ4v) is 5.28. The Bertz CT molecular complexity index is 277. The predicted molar refractivity (Wildman–Crippen MR) is 78.5 cm³/mol. The molecule has 1 unspecified atom stereocenters. The third kappa shape index (κ3) is 4.20.